The first-order chi connectivity index (χ1) is 10.1. The second-order valence-electron chi connectivity index (χ2n) is 4.82. The van der Waals surface area contributed by atoms with Crippen molar-refractivity contribution in [3.63, 3.8) is 0 Å². The Kier molecular flexibility index (Phi) is 5.80. The molecule has 1 aromatic heterocycles. The van der Waals surface area contributed by atoms with E-state index in [2.05, 4.69) is 37.8 Å². The fourth-order valence-corrected chi connectivity index (χ4v) is 2.29. The first kappa shape index (κ1) is 16.0. The zero-order valence-electron chi connectivity index (χ0n) is 12.4. The van der Waals surface area contributed by atoms with E-state index in [9.17, 15) is 0 Å². The highest BCUT2D eigenvalue weighted by Gasteiger charge is 2.10. The number of likely N-dealkylation sites (N-methyl/N-ethyl adjacent to an activating group) is 1. The Morgan fingerprint density at radius 3 is 2.48 bits per heavy atom. The van der Waals surface area contributed by atoms with Crippen LogP contribution in [0.4, 0.5) is 0 Å². The lowest BCUT2D eigenvalue weighted by atomic mass is 10.3. The SMILES string of the molecule is COc1ccc(OCc2nnn(CCN(C)C)c2I)cc1. The van der Waals surface area contributed by atoms with Crippen molar-refractivity contribution < 1.29 is 9.47 Å². The number of ether oxygens (including phenoxy) is 2. The molecule has 0 saturated heterocycles. The second kappa shape index (κ2) is 7.60. The third-order valence-electron chi connectivity index (χ3n) is 2.93. The van der Waals surface area contributed by atoms with Crippen molar-refractivity contribution in [3.05, 3.63) is 33.7 Å². The van der Waals surface area contributed by atoms with Crippen LogP contribution in [0, 0.1) is 3.70 Å². The van der Waals surface area contributed by atoms with Gasteiger partial charge in [0.15, 0.2) is 0 Å². The maximum atomic E-state index is 5.72. The smallest absolute Gasteiger partial charge is 0.135 e. The maximum absolute atomic E-state index is 5.72. The van der Waals surface area contributed by atoms with Crippen LogP contribution in [0.5, 0.6) is 11.5 Å². The molecule has 7 heteroatoms. The molecule has 6 nitrogen and oxygen atoms in total. The Bertz CT molecular complexity index is 569. The molecule has 0 unspecified atom stereocenters. The van der Waals surface area contributed by atoms with E-state index >= 15 is 0 Å². The summed E-state index contributed by atoms with van der Waals surface area (Å²) in [4.78, 5) is 2.12. The van der Waals surface area contributed by atoms with Crippen molar-refractivity contribution in [3.8, 4) is 11.5 Å². The van der Waals surface area contributed by atoms with Gasteiger partial charge in [-0.25, -0.2) is 4.68 Å². The number of hydrogen-bond donors (Lipinski definition) is 0. The molecule has 1 heterocycles. The Morgan fingerprint density at radius 2 is 1.86 bits per heavy atom. The van der Waals surface area contributed by atoms with Crippen LogP contribution in [-0.4, -0.2) is 47.6 Å². The van der Waals surface area contributed by atoms with Gasteiger partial charge < -0.3 is 14.4 Å². The number of benzene rings is 1. The van der Waals surface area contributed by atoms with Crippen molar-refractivity contribution in [2.75, 3.05) is 27.7 Å². The average molecular weight is 402 g/mol. The number of hydrogen-bond acceptors (Lipinski definition) is 5. The molecule has 1 aromatic carbocycles. The first-order valence-electron chi connectivity index (χ1n) is 6.59. The van der Waals surface area contributed by atoms with Crippen molar-refractivity contribution in [1.82, 2.24) is 19.9 Å². The van der Waals surface area contributed by atoms with E-state index in [4.69, 9.17) is 9.47 Å². The summed E-state index contributed by atoms with van der Waals surface area (Å²) in [5.74, 6) is 1.60. The Hall–Kier alpha value is -1.35. The van der Waals surface area contributed by atoms with Crippen LogP contribution in [0.15, 0.2) is 24.3 Å². The molecule has 0 N–H and O–H groups in total. The van der Waals surface area contributed by atoms with Crippen LogP contribution >= 0.6 is 22.6 Å². The molecule has 0 fully saturated rings. The highest BCUT2D eigenvalue weighted by Crippen LogP contribution is 2.19. The van der Waals surface area contributed by atoms with Crippen LogP contribution in [0.1, 0.15) is 5.69 Å². The summed E-state index contributed by atoms with van der Waals surface area (Å²) in [6.07, 6.45) is 0. The molecule has 0 spiro atoms. The molecule has 0 radical (unpaired) electrons. The third kappa shape index (κ3) is 4.57. The molecular formula is C14H19IN4O2. The van der Waals surface area contributed by atoms with E-state index in [0.29, 0.717) is 6.61 Å². The topological polar surface area (TPSA) is 52.4 Å². The Morgan fingerprint density at radius 1 is 1.19 bits per heavy atom. The van der Waals surface area contributed by atoms with E-state index < -0.39 is 0 Å². The minimum atomic E-state index is 0.409. The zero-order chi connectivity index (χ0) is 15.2. The molecular weight excluding hydrogens is 383 g/mol. The summed E-state index contributed by atoms with van der Waals surface area (Å²) in [6, 6.07) is 7.49. The number of aromatic nitrogens is 3. The van der Waals surface area contributed by atoms with Gasteiger partial charge in [0.1, 0.15) is 27.5 Å². The molecule has 0 saturated carbocycles. The normalized spacial score (nSPS) is 10.9. The van der Waals surface area contributed by atoms with Gasteiger partial charge in [-0.15, -0.1) is 5.10 Å². The summed E-state index contributed by atoms with van der Waals surface area (Å²) in [5.41, 5.74) is 0.852. The average Bonchev–Trinajstić information content (AvgIpc) is 2.84. The van der Waals surface area contributed by atoms with Crippen LogP contribution in [0.2, 0.25) is 0 Å². The van der Waals surface area contributed by atoms with Gasteiger partial charge in [0, 0.05) is 6.54 Å². The van der Waals surface area contributed by atoms with Gasteiger partial charge in [-0.1, -0.05) is 5.21 Å². The maximum Gasteiger partial charge on any atom is 0.135 e. The predicted molar refractivity (Wildman–Crippen MR) is 88.6 cm³/mol. The minimum Gasteiger partial charge on any atom is -0.497 e. The monoisotopic (exact) mass is 402 g/mol. The number of nitrogens with zero attached hydrogens (tertiary/aromatic N) is 4. The molecule has 0 aliphatic rings. The molecule has 0 atom stereocenters. The van der Waals surface area contributed by atoms with Crippen molar-refractivity contribution >= 4 is 22.6 Å². The van der Waals surface area contributed by atoms with Crippen LogP contribution in [0.25, 0.3) is 0 Å². The molecule has 2 rings (SSSR count). The standard InChI is InChI=1S/C14H19IN4O2/c1-18(2)8-9-19-14(15)13(16-17-19)10-21-12-6-4-11(20-3)5-7-12/h4-7H,8-10H2,1-3H3. The second-order valence-corrected chi connectivity index (χ2v) is 5.84. The van der Waals surface area contributed by atoms with Crippen LogP contribution in [0.3, 0.4) is 0 Å². The number of halogens is 1. The van der Waals surface area contributed by atoms with Crippen LogP contribution in [-0.2, 0) is 13.2 Å². The lowest BCUT2D eigenvalue weighted by Gasteiger charge is -2.09. The summed E-state index contributed by atoms with van der Waals surface area (Å²) in [7, 11) is 5.72. The van der Waals surface area contributed by atoms with E-state index in [1.165, 1.54) is 0 Å². The summed E-state index contributed by atoms with van der Waals surface area (Å²) in [6.45, 7) is 2.16. The molecule has 0 aliphatic carbocycles. The van der Waals surface area contributed by atoms with E-state index in [0.717, 1.165) is 34.0 Å². The number of rotatable bonds is 7. The zero-order valence-corrected chi connectivity index (χ0v) is 14.6. The van der Waals surface area contributed by atoms with Crippen LogP contribution < -0.4 is 9.47 Å². The fraction of sp³-hybridized carbons (Fsp3) is 0.429. The van der Waals surface area contributed by atoms with Crippen molar-refractivity contribution in [2.24, 2.45) is 0 Å². The first-order valence-corrected chi connectivity index (χ1v) is 7.67. The van der Waals surface area contributed by atoms with E-state index in [1.807, 2.05) is 43.0 Å². The highest BCUT2D eigenvalue weighted by molar-refractivity contribution is 14.1. The van der Waals surface area contributed by atoms with Gasteiger partial charge >= 0.3 is 0 Å². The van der Waals surface area contributed by atoms with Gasteiger partial charge in [0.25, 0.3) is 0 Å². The lowest BCUT2D eigenvalue weighted by molar-refractivity contribution is 0.299. The molecule has 0 amide bonds. The van der Waals surface area contributed by atoms with Gasteiger partial charge in [-0.3, -0.25) is 0 Å². The number of methoxy groups -OCH3 is 1. The van der Waals surface area contributed by atoms with E-state index in [-0.39, 0.29) is 0 Å². The van der Waals surface area contributed by atoms with Gasteiger partial charge in [0.2, 0.25) is 0 Å². The lowest BCUT2D eigenvalue weighted by Crippen LogP contribution is -2.19. The molecule has 2 aromatic rings. The third-order valence-corrected chi connectivity index (χ3v) is 4.11. The van der Waals surface area contributed by atoms with Crippen molar-refractivity contribution in [2.45, 2.75) is 13.2 Å². The quantitative estimate of drug-likeness (QED) is 0.664. The minimum absolute atomic E-state index is 0.409. The molecule has 0 aliphatic heterocycles. The molecule has 21 heavy (non-hydrogen) atoms. The Labute approximate surface area is 138 Å². The highest BCUT2D eigenvalue weighted by atomic mass is 127. The summed E-state index contributed by atoms with van der Waals surface area (Å²) >= 11 is 2.26. The van der Waals surface area contributed by atoms with E-state index in [1.54, 1.807) is 7.11 Å². The van der Waals surface area contributed by atoms with Gasteiger partial charge in [0.05, 0.1) is 13.7 Å². The molecule has 0 bridgehead atoms. The largest absolute Gasteiger partial charge is 0.497 e. The van der Waals surface area contributed by atoms with Gasteiger partial charge in [-0.2, -0.15) is 0 Å². The Balaban J connectivity index is 1.93. The molecule has 114 valence electrons. The fourth-order valence-electron chi connectivity index (χ4n) is 1.69. The summed E-state index contributed by atoms with van der Waals surface area (Å²) < 4.78 is 13.8. The predicted octanol–water partition coefficient (Wildman–Crippen LogP) is 2.03. The van der Waals surface area contributed by atoms with Gasteiger partial charge in [-0.05, 0) is 61.0 Å². The van der Waals surface area contributed by atoms with Crippen molar-refractivity contribution in [1.29, 1.82) is 0 Å². The summed E-state index contributed by atoms with van der Waals surface area (Å²) in [5, 5.41) is 8.34.